The second kappa shape index (κ2) is 4.38. The highest BCUT2D eigenvalue weighted by molar-refractivity contribution is 5.94. The van der Waals surface area contributed by atoms with E-state index in [4.69, 9.17) is 0 Å². The summed E-state index contributed by atoms with van der Waals surface area (Å²) in [7, 11) is 0. The maximum Gasteiger partial charge on any atom is 0.254 e. The van der Waals surface area contributed by atoms with Crippen molar-refractivity contribution >= 4 is 5.91 Å². The Balaban J connectivity index is 3.04. The molecule has 15 heavy (non-hydrogen) atoms. The van der Waals surface area contributed by atoms with Gasteiger partial charge in [0.05, 0.1) is 5.56 Å². The zero-order chi connectivity index (χ0) is 11.6. The van der Waals surface area contributed by atoms with E-state index in [1.165, 1.54) is 6.92 Å². The second-order valence-corrected chi connectivity index (χ2v) is 3.71. The van der Waals surface area contributed by atoms with Gasteiger partial charge in [-0.15, -0.1) is 0 Å². The van der Waals surface area contributed by atoms with Gasteiger partial charge in [0, 0.05) is 6.04 Å². The van der Waals surface area contributed by atoms with E-state index in [9.17, 15) is 13.6 Å². The summed E-state index contributed by atoms with van der Waals surface area (Å²) in [5.74, 6) is -1.88. The molecule has 0 aliphatic carbocycles. The lowest BCUT2D eigenvalue weighted by atomic mass is 10.1. The number of nitrogens with one attached hydrogen (secondary N) is 1. The van der Waals surface area contributed by atoms with Gasteiger partial charge in [-0.25, -0.2) is 8.78 Å². The van der Waals surface area contributed by atoms with Crippen LogP contribution < -0.4 is 5.32 Å². The van der Waals surface area contributed by atoms with Gasteiger partial charge < -0.3 is 5.32 Å². The molecule has 0 atom stereocenters. The number of rotatable bonds is 2. The molecule has 1 aromatic rings. The Morgan fingerprint density at radius 3 is 2.40 bits per heavy atom. The number of halogens is 2. The van der Waals surface area contributed by atoms with E-state index >= 15 is 0 Å². The van der Waals surface area contributed by atoms with E-state index in [0.717, 1.165) is 12.1 Å². The van der Waals surface area contributed by atoms with Gasteiger partial charge in [-0.2, -0.15) is 0 Å². The monoisotopic (exact) mass is 213 g/mol. The van der Waals surface area contributed by atoms with Gasteiger partial charge in [0.25, 0.3) is 5.91 Å². The van der Waals surface area contributed by atoms with Gasteiger partial charge in [-0.1, -0.05) is 0 Å². The number of hydrogen-bond donors (Lipinski definition) is 1. The Hall–Kier alpha value is -1.45. The van der Waals surface area contributed by atoms with Crippen molar-refractivity contribution in [2.75, 3.05) is 0 Å². The number of carbonyl (C=O) groups excluding carboxylic acids is 1. The summed E-state index contributed by atoms with van der Waals surface area (Å²) in [5, 5.41) is 2.50. The highest BCUT2D eigenvalue weighted by Crippen LogP contribution is 2.14. The van der Waals surface area contributed by atoms with Crippen LogP contribution in [0.5, 0.6) is 0 Å². The average molecular weight is 213 g/mol. The van der Waals surface area contributed by atoms with E-state index in [0.29, 0.717) is 0 Å². The maximum absolute atomic E-state index is 13.3. The third kappa shape index (κ3) is 2.75. The molecular weight excluding hydrogens is 200 g/mol. The first kappa shape index (κ1) is 11.6. The normalized spacial score (nSPS) is 10.5. The quantitative estimate of drug-likeness (QED) is 0.803. The lowest BCUT2D eigenvalue weighted by Gasteiger charge is -2.09. The fourth-order valence-corrected chi connectivity index (χ4v) is 1.16. The third-order valence-corrected chi connectivity index (χ3v) is 1.91. The molecule has 0 saturated heterocycles. The summed E-state index contributed by atoms with van der Waals surface area (Å²) in [6.07, 6.45) is 0. The van der Waals surface area contributed by atoms with Gasteiger partial charge in [0.15, 0.2) is 0 Å². The molecule has 0 fully saturated rings. The van der Waals surface area contributed by atoms with Crippen LogP contribution >= 0.6 is 0 Å². The third-order valence-electron chi connectivity index (χ3n) is 1.91. The predicted octanol–water partition coefficient (Wildman–Crippen LogP) is 2.41. The van der Waals surface area contributed by atoms with Crippen molar-refractivity contribution in [3.05, 3.63) is 34.9 Å². The first-order valence-corrected chi connectivity index (χ1v) is 4.68. The first-order valence-electron chi connectivity index (χ1n) is 4.68. The van der Waals surface area contributed by atoms with Gasteiger partial charge in [-0.05, 0) is 38.5 Å². The smallest absolute Gasteiger partial charge is 0.254 e. The molecule has 0 aliphatic rings. The van der Waals surface area contributed by atoms with E-state index < -0.39 is 17.5 Å². The lowest BCUT2D eigenvalue weighted by molar-refractivity contribution is 0.0938. The van der Waals surface area contributed by atoms with E-state index in [1.807, 2.05) is 0 Å². The van der Waals surface area contributed by atoms with Crippen molar-refractivity contribution in [1.29, 1.82) is 0 Å². The zero-order valence-electron chi connectivity index (χ0n) is 8.90. The first-order chi connectivity index (χ1) is 6.91. The molecule has 2 nitrogen and oxygen atoms in total. The van der Waals surface area contributed by atoms with Crippen molar-refractivity contribution in [2.45, 2.75) is 26.8 Å². The molecule has 0 aliphatic heterocycles. The van der Waals surface area contributed by atoms with Crippen LogP contribution in [0.1, 0.15) is 29.8 Å². The maximum atomic E-state index is 13.3. The summed E-state index contributed by atoms with van der Waals surface area (Å²) in [6, 6.07) is 1.83. The van der Waals surface area contributed by atoms with Gasteiger partial charge in [0.2, 0.25) is 0 Å². The fourth-order valence-electron chi connectivity index (χ4n) is 1.16. The molecule has 0 radical (unpaired) electrons. The average Bonchev–Trinajstić information content (AvgIpc) is 2.09. The fraction of sp³-hybridized carbons (Fsp3) is 0.364. The van der Waals surface area contributed by atoms with E-state index in [2.05, 4.69) is 5.32 Å². The second-order valence-electron chi connectivity index (χ2n) is 3.71. The van der Waals surface area contributed by atoms with Crippen LogP contribution in [0.4, 0.5) is 8.78 Å². The molecule has 0 aromatic heterocycles. The van der Waals surface area contributed by atoms with Gasteiger partial charge in [0.1, 0.15) is 11.6 Å². The van der Waals surface area contributed by atoms with Crippen LogP contribution in [-0.2, 0) is 0 Å². The molecular formula is C11H13F2NO. The van der Waals surface area contributed by atoms with Crippen LogP contribution in [-0.4, -0.2) is 11.9 Å². The highest BCUT2D eigenvalue weighted by atomic mass is 19.1. The molecule has 0 bridgehead atoms. The standard InChI is InChI=1S/C11H13F2NO/c1-6(2)14-11(15)8-5-9(12)7(3)4-10(8)13/h4-6H,1-3H3,(H,14,15). The SMILES string of the molecule is Cc1cc(F)c(C(=O)NC(C)C)cc1F. The molecule has 1 amide bonds. The molecule has 1 N–H and O–H groups in total. The Morgan fingerprint density at radius 2 is 1.87 bits per heavy atom. The summed E-state index contributed by atoms with van der Waals surface area (Å²) in [5.41, 5.74) is -0.0691. The topological polar surface area (TPSA) is 29.1 Å². The Morgan fingerprint density at radius 1 is 1.27 bits per heavy atom. The van der Waals surface area contributed by atoms with Crippen LogP contribution in [0.25, 0.3) is 0 Å². The molecule has 1 aromatic carbocycles. The Kier molecular flexibility index (Phi) is 3.39. The molecule has 0 spiro atoms. The summed E-state index contributed by atoms with van der Waals surface area (Å²) in [4.78, 5) is 11.4. The number of benzene rings is 1. The highest BCUT2D eigenvalue weighted by Gasteiger charge is 2.14. The minimum atomic E-state index is -0.702. The van der Waals surface area contributed by atoms with Crippen molar-refractivity contribution in [2.24, 2.45) is 0 Å². The van der Waals surface area contributed by atoms with Crippen molar-refractivity contribution in [1.82, 2.24) is 5.32 Å². The number of amides is 1. The van der Waals surface area contributed by atoms with Gasteiger partial charge in [-0.3, -0.25) is 4.79 Å². The van der Waals surface area contributed by atoms with Crippen molar-refractivity contribution in [3.8, 4) is 0 Å². The lowest BCUT2D eigenvalue weighted by Crippen LogP contribution is -2.30. The van der Waals surface area contributed by atoms with Crippen molar-refractivity contribution in [3.63, 3.8) is 0 Å². The molecule has 1 rings (SSSR count). The summed E-state index contributed by atoms with van der Waals surface area (Å²) < 4.78 is 26.4. The number of aryl methyl sites for hydroxylation is 1. The summed E-state index contributed by atoms with van der Waals surface area (Å²) >= 11 is 0. The van der Waals surface area contributed by atoms with E-state index in [-0.39, 0.29) is 17.2 Å². The molecule has 0 unspecified atom stereocenters. The van der Waals surface area contributed by atoms with Crippen LogP contribution in [0.15, 0.2) is 12.1 Å². The molecule has 4 heteroatoms. The zero-order valence-corrected chi connectivity index (χ0v) is 8.90. The number of hydrogen-bond acceptors (Lipinski definition) is 1. The Bertz CT molecular complexity index is 388. The van der Waals surface area contributed by atoms with Crippen LogP contribution in [0.3, 0.4) is 0 Å². The largest absolute Gasteiger partial charge is 0.350 e. The van der Waals surface area contributed by atoms with Crippen molar-refractivity contribution < 1.29 is 13.6 Å². The minimum Gasteiger partial charge on any atom is -0.350 e. The molecule has 82 valence electrons. The predicted molar refractivity (Wildman–Crippen MR) is 53.7 cm³/mol. The van der Waals surface area contributed by atoms with Gasteiger partial charge >= 0.3 is 0 Å². The van der Waals surface area contributed by atoms with Crippen LogP contribution in [0, 0.1) is 18.6 Å². The van der Waals surface area contributed by atoms with Crippen LogP contribution in [0.2, 0.25) is 0 Å². The Labute approximate surface area is 87.3 Å². The minimum absolute atomic E-state index is 0.110. The molecule has 0 heterocycles. The number of carbonyl (C=O) groups is 1. The molecule has 0 saturated carbocycles. The van der Waals surface area contributed by atoms with E-state index in [1.54, 1.807) is 13.8 Å². The summed E-state index contributed by atoms with van der Waals surface area (Å²) in [6.45, 7) is 4.95.